The van der Waals surface area contributed by atoms with Crippen molar-refractivity contribution in [2.75, 3.05) is 13.2 Å². The van der Waals surface area contributed by atoms with Gasteiger partial charge in [0.25, 0.3) is 5.91 Å². The molecule has 0 aromatic carbocycles. The van der Waals surface area contributed by atoms with E-state index in [1.165, 1.54) is 11.3 Å². The first-order valence-corrected chi connectivity index (χ1v) is 5.84. The molecule has 0 bridgehead atoms. The van der Waals surface area contributed by atoms with Crippen LogP contribution in [0.3, 0.4) is 0 Å². The van der Waals surface area contributed by atoms with Crippen LogP contribution in [-0.2, 0) is 0 Å². The van der Waals surface area contributed by atoms with Gasteiger partial charge in [-0.15, -0.1) is 11.3 Å². The van der Waals surface area contributed by atoms with Crippen molar-refractivity contribution < 1.29 is 9.90 Å². The van der Waals surface area contributed by atoms with E-state index in [4.69, 9.17) is 5.11 Å². The first kappa shape index (κ1) is 10.6. The molecule has 2 N–H and O–H groups in total. The Morgan fingerprint density at radius 2 is 2.47 bits per heavy atom. The second-order valence-electron chi connectivity index (χ2n) is 4.09. The number of nitrogens with zero attached hydrogens (tertiary/aromatic N) is 1. The van der Waals surface area contributed by atoms with Crippen molar-refractivity contribution >= 4 is 17.2 Å². The van der Waals surface area contributed by atoms with Crippen LogP contribution in [0, 0.1) is 12.3 Å². The van der Waals surface area contributed by atoms with Gasteiger partial charge in [0.15, 0.2) is 0 Å². The van der Waals surface area contributed by atoms with Gasteiger partial charge < -0.3 is 10.4 Å². The molecule has 1 aliphatic rings. The van der Waals surface area contributed by atoms with E-state index in [1.807, 2.05) is 6.92 Å². The lowest BCUT2D eigenvalue weighted by molar-refractivity contribution is 0.0931. The van der Waals surface area contributed by atoms with E-state index in [9.17, 15) is 4.79 Å². The predicted molar refractivity (Wildman–Crippen MR) is 57.9 cm³/mol. The first-order chi connectivity index (χ1) is 7.15. The minimum atomic E-state index is -0.140. The van der Waals surface area contributed by atoms with E-state index in [0.717, 1.165) is 17.8 Å². The molecular formula is C10H14N2O2S. The Balaban J connectivity index is 1.88. The topological polar surface area (TPSA) is 62.2 Å². The number of aliphatic hydroxyl groups excluding tert-OH is 1. The summed E-state index contributed by atoms with van der Waals surface area (Å²) in [5.74, 6) is -0.140. The molecule has 82 valence electrons. The fourth-order valence-electron chi connectivity index (χ4n) is 1.39. The number of hydrogen-bond donors (Lipinski definition) is 2. The van der Waals surface area contributed by atoms with Gasteiger partial charge in [-0.2, -0.15) is 0 Å². The fraction of sp³-hybridized carbons (Fsp3) is 0.600. The van der Waals surface area contributed by atoms with Gasteiger partial charge >= 0.3 is 0 Å². The first-order valence-electron chi connectivity index (χ1n) is 4.96. The molecule has 0 spiro atoms. The molecule has 1 heterocycles. The highest BCUT2D eigenvalue weighted by Gasteiger charge is 2.42. The van der Waals surface area contributed by atoms with Gasteiger partial charge in [-0.05, 0) is 19.8 Å². The SMILES string of the molecule is Cc1nc(C(=O)NCC2(CO)CC2)cs1. The Bertz CT molecular complexity index is 371. The summed E-state index contributed by atoms with van der Waals surface area (Å²) in [5, 5.41) is 14.5. The van der Waals surface area contributed by atoms with Gasteiger partial charge in [0.2, 0.25) is 0 Å². The highest BCUT2D eigenvalue weighted by atomic mass is 32.1. The highest BCUT2D eigenvalue weighted by molar-refractivity contribution is 7.09. The van der Waals surface area contributed by atoms with Crippen molar-refractivity contribution in [3.8, 4) is 0 Å². The molecule has 0 radical (unpaired) electrons. The van der Waals surface area contributed by atoms with Gasteiger partial charge in [-0.3, -0.25) is 4.79 Å². The maximum Gasteiger partial charge on any atom is 0.270 e. The third-order valence-electron chi connectivity index (χ3n) is 2.77. The maximum absolute atomic E-state index is 11.6. The molecule has 1 amide bonds. The van der Waals surface area contributed by atoms with Gasteiger partial charge in [0.1, 0.15) is 5.69 Å². The summed E-state index contributed by atoms with van der Waals surface area (Å²) >= 11 is 1.47. The van der Waals surface area contributed by atoms with E-state index in [0.29, 0.717) is 12.2 Å². The molecule has 4 nitrogen and oxygen atoms in total. The quantitative estimate of drug-likeness (QED) is 0.803. The zero-order chi connectivity index (χ0) is 10.9. The average molecular weight is 226 g/mol. The Labute approximate surface area is 92.3 Å². The van der Waals surface area contributed by atoms with Crippen molar-refractivity contribution in [1.29, 1.82) is 0 Å². The molecule has 2 rings (SSSR count). The van der Waals surface area contributed by atoms with Crippen LogP contribution >= 0.6 is 11.3 Å². The summed E-state index contributed by atoms with van der Waals surface area (Å²) in [7, 11) is 0. The van der Waals surface area contributed by atoms with Crippen molar-refractivity contribution in [2.45, 2.75) is 19.8 Å². The lowest BCUT2D eigenvalue weighted by atomic mass is 10.1. The molecule has 15 heavy (non-hydrogen) atoms. The number of carbonyl (C=O) groups excluding carboxylic acids is 1. The summed E-state index contributed by atoms with van der Waals surface area (Å²) in [6, 6.07) is 0. The zero-order valence-corrected chi connectivity index (χ0v) is 9.43. The molecule has 0 atom stereocenters. The maximum atomic E-state index is 11.6. The summed E-state index contributed by atoms with van der Waals surface area (Å²) in [6.07, 6.45) is 2.00. The fourth-order valence-corrected chi connectivity index (χ4v) is 1.99. The van der Waals surface area contributed by atoms with Crippen LogP contribution in [0.2, 0.25) is 0 Å². The van der Waals surface area contributed by atoms with E-state index in [2.05, 4.69) is 10.3 Å². The zero-order valence-electron chi connectivity index (χ0n) is 8.62. The number of aryl methyl sites for hydroxylation is 1. The minimum absolute atomic E-state index is 0.0409. The summed E-state index contributed by atoms with van der Waals surface area (Å²) in [4.78, 5) is 15.7. The Morgan fingerprint density at radius 1 is 1.73 bits per heavy atom. The summed E-state index contributed by atoms with van der Waals surface area (Å²) in [6.45, 7) is 2.58. The molecule has 5 heteroatoms. The Morgan fingerprint density at radius 3 is 2.93 bits per heavy atom. The van der Waals surface area contributed by atoms with Crippen molar-refractivity contribution in [1.82, 2.24) is 10.3 Å². The number of amides is 1. The number of nitrogens with one attached hydrogen (secondary N) is 1. The van der Waals surface area contributed by atoms with E-state index < -0.39 is 0 Å². The molecule has 0 aliphatic heterocycles. The Kier molecular flexibility index (Phi) is 2.75. The largest absolute Gasteiger partial charge is 0.396 e. The molecule has 1 fully saturated rings. The second-order valence-corrected chi connectivity index (χ2v) is 5.15. The second kappa shape index (κ2) is 3.90. The van der Waals surface area contributed by atoms with Crippen LogP contribution in [0.4, 0.5) is 0 Å². The van der Waals surface area contributed by atoms with Gasteiger partial charge in [0, 0.05) is 17.3 Å². The normalized spacial score (nSPS) is 17.5. The number of carbonyl (C=O) groups is 1. The van der Waals surface area contributed by atoms with Crippen molar-refractivity contribution in [3.63, 3.8) is 0 Å². The standard InChI is InChI=1S/C10H14N2O2S/c1-7-12-8(4-15-7)9(14)11-5-10(6-13)2-3-10/h4,13H,2-3,5-6H2,1H3,(H,11,14). The number of thiazole rings is 1. The van der Waals surface area contributed by atoms with Crippen LogP contribution in [0.5, 0.6) is 0 Å². The predicted octanol–water partition coefficient (Wildman–Crippen LogP) is 0.954. The molecule has 0 unspecified atom stereocenters. The highest BCUT2D eigenvalue weighted by Crippen LogP contribution is 2.44. The minimum Gasteiger partial charge on any atom is -0.396 e. The van der Waals surface area contributed by atoms with E-state index in [-0.39, 0.29) is 17.9 Å². The van der Waals surface area contributed by atoms with Gasteiger partial charge in [-0.1, -0.05) is 0 Å². The number of hydrogen-bond acceptors (Lipinski definition) is 4. The van der Waals surface area contributed by atoms with Crippen LogP contribution < -0.4 is 5.32 Å². The molecule has 1 aromatic rings. The number of aromatic nitrogens is 1. The van der Waals surface area contributed by atoms with Crippen molar-refractivity contribution in [3.05, 3.63) is 16.1 Å². The lowest BCUT2D eigenvalue weighted by Gasteiger charge is -2.11. The number of aliphatic hydroxyl groups is 1. The molecule has 1 aromatic heterocycles. The summed E-state index contributed by atoms with van der Waals surface area (Å²) in [5.41, 5.74) is 0.437. The molecule has 0 saturated heterocycles. The molecular weight excluding hydrogens is 212 g/mol. The smallest absolute Gasteiger partial charge is 0.270 e. The third kappa shape index (κ3) is 2.35. The van der Waals surface area contributed by atoms with E-state index in [1.54, 1.807) is 5.38 Å². The lowest BCUT2D eigenvalue weighted by Crippen LogP contribution is -2.32. The van der Waals surface area contributed by atoms with E-state index >= 15 is 0 Å². The molecule has 1 saturated carbocycles. The number of rotatable bonds is 4. The third-order valence-corrected chi connectivity index (χ3v) is 3.54. The van der Waals surface area contributed by atoms with Gasteiger partial charge in [0.05, 0.1) is 11.6 Å². The van der Waals surface area contributed by atoms with Gasteiger partial charge in [-0.25, -0.2) is 4.98 Å². The monoisotopic (exact) mass is 226 g/mol. The van der Waals surface area contributed by atoms with Crippen LogP contribution in [0.1, 0.15) is 28.3 Å². The average Bonchev–Trinajstić information content (AvgIpc) is 2.90. The van der Waals surface area contributed by atoms with Crippen LogP contribution in [0.25, 0.3) is 0 Å². The van der Waals surface area contributed by atoms with Crippen molar-refractivity contribution in [2.24, 2.45) is 5.41 Å². The molecule has 1 aliphatic carbocycles. The summed E-state index contributed by atoms with van der Waals surface area (Å²) < 4.78 is 0. The van der Waals surface area contributed by atoms with Crippen LogP contribution in [0.15, 0.2) is 5.38 Å². The van der Waals surface area contributed by atoms with Crippen LogP contribution in [-0.4, -0.2) is 29.1 Å². The Hall–Kier alpha value is -0.940.